The van der Waals surface area contributed by atoms with Gasteiger partial charge >= 0.3 is 5.97 Å². The van der Waals surface area contributed by atoms with Gasteiger partial charge in [-0.1, -0.05) is 12.1 Å². The van der Waals surface area contributed by atoms with E-state index in [4.69, 9.17) is 5.11 Å². The maximum Gasteiger partial charge on any atom is 0.327 e. The number of aliphatic carboxylic acids is 1. The van der Waals surface area contributed by atoms with Crippen LogP contribution in [0.15, 0.2) is 24.3 Å². The highest BCUT2D eigenvalue weighted by molar-refractivity contribution is 7.98. The normalized spacial score (nSPS) is 12.3. The number of benzene rings is 1. The van der Waals surface area contributed by atoms with Crippen LogP contribution in [0.2, 0.25) is 0 Å². The lowest BCUT2D eigenvalue weighted by Gasteiger charge is -2.14. The zero-order chi connectivity index (χ0) is 15.4. The summed E-state index contributed by atoms with van der Waals surface area (Å²) in [6.45, 7) is 1.88. The van der Waals surface area contributed by atoms with Crippen molar-refractivity contribution >= 4 is 34.7 Å². The number of carboxylic acids is 1. The van der Waals surface area contributed by atoms with Gasteiger partial charge in [-0.3, -0.25) is 4.79 Å². The minimum Gasteiger partial charge on any atom is -0.480 e. The quantitative estimate of drug-likeness (QED) is 0.840. The van der Waals surface area contributed by atoms with Gasteiger partial charge in [-0.05, 0) is 25.3 Å². The number of para-hydroxylation sites is 2. The summed E-state index contributed by atoms with van der Waals surface area (Å²) < 4.78 is 1.78. The molecule has 1 atom stereocenters. The Morgan fingerprint density at radius 1 is 1.43 bits per heavy atom. The van der Waals surface area contributed by atoms with Gasteiger partial charge in [-0.15, -0.1) is 0 Å². The number of rotatable bonds is 6. The van der Waals surface area contributed by atoms with Gasteiger partial charge in [0, 0.05) is 5.75 Å². The first kappa shape index (κ1) is 15.4. The predicted molar refractivity (Wildman–Crippen MR) is 82.4 cm³/mol. The molecule has 21 heavy (non-hydrogen) atoms. The summed E-state index contributed by atoms with van der Waals surface area (Å²) in [7, 11) is 0. The zero-order valence-corrected chi connectivity index (χ0v) is 12.7. The molecule has 1 amide bonds. The molecule has 1 heterocycles. The first-order chi connectivity index (χ1) is 10.0. The van der Waals surface area contributed by atoms with Crippen LogP contribution in [0, 0.1) is 6.92 Å². The smallest absolute Gasteiger partial charge is 0.327 e. The van der Waals surface area contributed by atoms with E-state index in [0.29, 0.717) is 5.75 Å². The lowest BCUT2D eigenvalue weighted by Crippen LogP contribution is -2.44. The molecule has 0 aliphatic carbocycles. The number of hydrogen-bond acceptors (Lipinski definition) is 4. The Balaban J connectivity index is 2.14. The molecule has 0 spiro atoms. The second-order valence-electron chi connectivity index (χ2n) is 4.65. The van der Waals surface area contributed by atoms with Crippen LogP contribution in [0.3, 0.4) is 0 Å². The molecule has 6 nitrogen and oxygen atoms in total. The molecule has 112 valence electrons. The molecule has 0 aliphatic heterocycles. The number of carbonyl (C=O) groups is 2. The van der Waals surface area contributed by atoms with Crippen LogP contribution in [0.5, 0.6) is 0 Å². The number of amides is 1. The molecule has 2 N–H and O–H groups in total. The van der Waals surface area contributed by atoms with Crippen molar-refractivity contribution < 1.29 is 14.7 Å². The summed E-state index contributed by atoms with van der Waals surface area (Å²) in [5, 5.41) is 11.6. The van der Waals surface area contributed by atoms with Crippen LogP contribution in [0.4, 0.5) is 0 Å². The van der Waals surface area contributed by atoms with E-state index in [9.17, 15) is 9.59 Å². The maximum absolute atomic E-state index is 12.1. The lowest BCUT2D eigenvalue weighted by atomic mass is 10.3. The Labute approximate surface area is 126 Å². The number of fused-ring (bicyclic) bond motifs is 1. The summed E-state index contributed by atoms with van der Waals surface area (Å²) in [6.07, 6.45) is 1.80. The molecule has 2 rings (SSSR count). The fourth-order valence-corrected chi connectivity index (χ4v) is 2.68. The van der Waals surface area contributed by atoms with Gasteiger partial charge in [0.15, 0.2) is 0 Å². The molecule has 2 aromatic rings. The highest BCUT2D eigenvalue weighted by Gasteiger charge is 2.20. The molecular formula is C14H17N3O3S. The van der Waals surface area contributed by atoms with E-state index in [1.807, 2.05) is 31.2 Å². The van der Waals surface area contributed by atoms with E-state index in [1.54, 1.807) is 10.8 Å². The molecule has 0 aliphatic rings. The van der Waals surface area contributed by atoms with Crippen molar-refractivity contribution in [2.75, 3.05) is 12.0 Å². The number of thioether (sulfide) groups is 1. The van der Waals surface area contributed by atoms with Crippen molar-refractivity contribution in [1.82, 2.24) is 14.9 Å². The molecule has 0 fully saturated rings. The largest absolute Gasteiger partial charge is 0.480 e. The Morgan fingerprint density at radius 3 is 2.81 bits per heavy atom. The minimum atomic E-state index is -1.02. The highest BCUT2D eigenvalue weighted by Crippen LogP contribution is 2.15. The third kappa shape index (κ3) is 3.55. The van der Waals surface area contributed by atoms with Crippen LogP contribution in [0.1, 0.15) is 5.82 Å². The number of carbonyl (C=O) groups excluding carboxylic acids is 1. The standard InChI is InChI=1S/C14H17N3O3S/c1-9-15-10-5-3-4-6-12(10)17(9)7-13(18)16-11(8-21-2)14(19)20/h3-6,11H,7-8H2,1-2H3,(H,16,18)(H,19,20)/t11-/m0/s1. The molecule has 0 saturated heterocycles. The Hall–Kier alpha value is -2.02. The lowest BCUT2D eigenvalue weighted by molar-refractivity contribution is -0.141. The molecule has 1 aromatic carbocycles. The highest BCUT2D eigenvalue weighted by atomic mass is 32.2. The Bertz CT molecular complexity index is 669. The second kappa shape index (κ2) is 6.62. The number of aromatic nitrogens is 2. The van der Waals surface area contributed by atoms with Crippen molar-refractivity contribution in [3.05, 3.63) is 30.1 Å². The number of carboxylic acid groups (broad SMARTS) is 1. The summed E-state index contributed by atoms with van der Waals surface area (Å²) in [6, 6.07) is 6.66. The van der Waals surface area contributed by atoms with E-state index < -0.39 is 12.0 Å². The average molecular weight is 307 g/mol. The Kier molecular flexibility index (Phi) is 4.85. The molecule has 0 radical (unpaired) electrons. The van der Waals surface area contributed by atoms with Crippen LogP contribution in [0.25, 0.3) is 11.0 Å². The van der Waals surface area contributed by atoms with Gasteiger partial charge in [-0.25, -0.2) is 9.78 Å². The summed E-state index contributed by atoms with van der Waals surface area (Å²) in [5.74, 6) is -0.291. The maximum atomic E-state index is 12.1. The van der Waals surface area contributed by atoms with Crippen molar-refractivity contribution in [2.24, 2.45) is 0 Å². The molecule has 1 aromatic heterocycles. The summed E-state index contributed by atoms with van der Waals surface area (Å²) >= 11 is 1.38. The van der Waals surface area contributed by atoms with Crippen LogP contribution in [-0.2, 0) is 16.1 Å². The number of aryl methyl sites for hydroxylation is 1. The molecule has 7 heteroatoms. The zero-order valence-electron chi connectivity index (χ0n) is 11.9. The number of nitrogens with zero attached hydrogens (tertiary/aromatic N) is 2. The number of nitrogens with one attached hydrogen (secondary N) is 1. The van der Waals surface area contributed by atoms with Crippen LogP contribution < -0.4 is 5.32 Å². The van der Waals surface area contributed by atoms with E-state index in [-0.39, 0.29) is 12.5 Å². The molecular weight excluding hydrogens is 290 g/mol. The average Bonchev–Trinajstić information content (AvgIpc) is 2.75. The third-order valence-electron chi connectivity index (χ3n) is 3.11. The monoisotopic (exact) mass is 307 g/mol. The third-order valence-corrected chi connectivity index (χ3v) is 3.78. The van der Waals surface area contributed by atoms with Crippen LogP contribution in [-0.4, -0.2) is 44.6 Å². The van der Waals surface area contributed by atoms with Gasteiger partial charge in [0.25, 0.3) is 0 Å². The van der Waals surface area contributed by atoms with Crippen LogP contribution >= 0.6 is 11.8 Å². The first-order valence-electron chi connectivity index (χ1n) is 6.46. The van der Waals surface area contributed by atoms with Gasteiger partial charge in [0.2, 0.25) is 5.91 Å². The first-order valence-corrected chi connectivity index (χ1v) is 7.85. The summed E-state index contributed by atoms with van der Waals surface area (Å²) in [5.41, 5.74) is 1.68. The van der Waals surface area contributed by atoms with Crippen molar-refractivity contribution in [3.63, 3.8) is 0 Å². The molecule has 0 unspecified atom stereocenters. The van der Waals surface area contributed by atoms with E-state index in [1.165, 1.54) is 11.8 Å². The predicted octanol–water partition coefficient (Wildman–Crippen LogP) is 1.28. The number of imidazole rings is 1. The number of hydrogen-bond donors (Lipinski definition) is 2. The second-order valence-corrected chi connectivity index (χ2v) is 5.56. The van der Waals surface area contributed by atoms with Gasteiger partial charge in [0.05, 0.1) is 11.0 Å². The minimum absolute atomic E-state index is 0.0600. The van der Waals surface area contributed by atoms with Crippen molar-refractivity contribution in [1.29, 1.82) is 0 Å². The van der Waals surface area contributed by atoms with Gasteiger partial charge in [0.1, 0.15) is 18.4 Å². The SMILES string of the molecule is CSC[C@H](NC(=O)Cn1c(C)nc2ccccc21)C(=O)O. The fourth-order valence-electron chi connectivity index (χ4n) is 2.12. The topological polar surface area (TPSA) is 84.2 Å². The van der Waals surface area contributed by atoms with Gasteiger partial charge < -0.3 is 15.0 Å². The summed E-state index contributed by atoms with van der Waals surface area (Å²) in [4.78, 5) is 27.5. The fraction of sp³-hybridized carbons (Fsp3) is 0.357. The van der Waals surface area contributed by atoms with Gasteiger partial charge in [-0.2, -0.15) is 11.8 Å². The van der Waals surface area contributed by atoms with Crippen molar-refractivity contribution in [2.45, 2.75) is 19.5 Å². The Morgan fingerprint density at radius 2 is 2.14 bits per heavy atom. The van der Waals surface area contributed by atoms with Crippen molar-refractivity contribution in [3.8, 4) is 0 Å². The van der Waals surface area contributed by atoms with E-state index in [2.05, 4.69) is 10.3 Å². The molecule has 0 bridgehead atoms. The van der Waals surface area contributed by atoms with E-state index in [0.717, 1.165) is 16.9 Å². The molecule has 0 saturated carbocycles. The van der Waals surface area contributed by atoms with E-state index >= 15 is 0 Å².